The molecule has 0 N–H and O–H groups in total. The summed E-state index contributed by atoms with van der Waals surface area (Å²) in [5.74, 6) is 0.400. The molecule has 5 nitrogen and oxygen atoms in total. The zero-order chi connectivity index (χ0) is 11.8. The van der Waals surface area contributed by atoms with Gasteiger partial charge >= 0.3 is 0 Å². The quantitative estimate of drug-likeness (QED) is 0.705. The van der Waals surface area contributed by atoms with Crippen molar-refractivity contribution in [2.45, 2.75) is 0 Å². The zero-order valence-corrected chi connectivity index (χ0v) is 10.3. The smallest absolute Gasteiger partial charge is 0.193 e. The molecule has 0 atom stereocenters. The molecule has 0 spiro atoms. The van der Waals surface area contributed by atoms with Gasteiger partial charge in [-0.2, -0.15) is 0 Å². The Morgan fingerprint density at radius 3 is 2.62 bits per heavy atom. The second kappa shape index (κ2) is 7.62. The topological polar surface area (TPSA) is 53.5 Å². The third-order valence-electron chi connectivity index (χ3n) is 1.60. The van der Waals surface area contributed by atoms with Crippen LogP contribution < -0.4 is 4.74 Å². The number of halogens is 2. The monoisotopic (exact) mass is 266 g/mol. The molecule has 0 saturated heterocycles. The van der Waals surface area contributed by atoms with Crippen LogP contribution in [0.4, 0.5) is 0 Å². The average Bonchev–Trinajstić information content (AvgIpc) is 2.28. The predicted molar refractivity (Wildman–Crippen MR) is 60.2 cm³/mol. The lowest BCUT2D eigenvalue weighted by atomic mass is 10.5. The molecule has 0 aliphatic heterocycles. The Bertz CT molecular complexity index is 326. The van der Waals surface area contributed by atoms with Gasteiger partial charge in [-0.1, -0.05) is 23.2 Å². The first-order valence-corrected chi connectivity index (χ1v) is 5.38. The number of nitrogens with zero attached hydrogens (tertiary/aromatic N) is 2. The van der Waals surface area contributed by atoms with E-state index in [0.29, 0.717) is 32.2 Å². The molecule has 0 aliphatic carbocycles. The van der Waals surface area contributed by atoms with Gasteiger partial charge in [0, 0.05) is 13.2 Å². The van der Waals surface area contributed by atoms with Gasteiger partial charge in [0.25, 0.3) is 0 Å². The second-order valence-electron chi connectivity index (χ2n) is 2.78. The molecule has 0 fully saturated rings. The Balaban J connectivity index is 2.23. The van der Waals surface area contributed by atoms with Crippen molar-refractivity contribution in [1.29, 1.82) is 0 Å². The van der Waals surface area contributed by atoms with Crippen LogP contribution in [0.2, 0.25) is 10.3 Å². The second-order valence-corrected chi connectivity index (χ2v) is 3.52. The summed E-state index contributed by atoms with van der Waals surface area (Å²) in [5, 5.41) is 7.59. The molecule has 1 heterocycles. The van der Waals surface area contributed by atoms with Crippen LogP contribution in [-0.2, 0) is 9.47 Å². The van der Waals surface area contributed by atoms with E-state index in [1.807, 2.05) is 0 Å². The van der Waals surface area contributed by atoms with Crippen molar-refractivity contribution in [2.24, 2.45) is 0 Å². The molecule has 0 bridgehead atoms. The normalized spacial score (nSPS) is 10.4. The molecule has 1 aromatic rings. The summed E-state index contributed by atoms with van der Waals surface area (Å²) in [6.07, 6.45) is 0. The molecule has 0 aliphatic rings. The van der Waals surface area contributed by atoms with E-state index in [4.69, 9.17) is 37.4 Å². The molecular formula is C9H12Cl2N2O3. The highest BCUT2D eigenvalue weighted by molar-refractivity contribution is 6.32. The highest BCUT2D eigenvalue weighted by Crippen LogP contribution is 2.22. The SMILES string of the molecule is COCCOCCOc1cc(Cl)nnc1Cl. The standard InChI is InChI=1S/C9H12Cl2N2O3/c1-14-2-3-15-4-5-16-7-6-8(10)12-13-9(7)11/h6H,2-5H2,1H3. The Morgan fingerprint density at radius 1 is 1.12 bits per heavy atom. The van der Waals surface area contributed by atoms with Gasteiger partial charge < -0.3 is 14.2 Å². The maximum Gasteiger partial charge on any atom is 0.193 e. The third-order valence-corrected chi connectivity index (χ3v) is 2.05. The van der Waals surface area contributed by atoms with Gasteiger partial charge in [0.2, 0.25) is 0 Å². The Morgan fingerprint density at radius 2 is 1.88 bits per heavy atom. The molecule has 90 valence electrons. The summed E-state index contributed by atoms with van der Waals surface area (Å²) in [7, 11) is 1.62. The summed E-state index contributed by atoms with van der Waals surface area (Å²) in [5.41, 5.74) is 0. The fourth-order valence-corrected chi connectivity index (χ4v) is 1.18. The fourth-order valence-electron chi connectivity index (χ4n) is 0.894. The summed E-state index contributed by atoms with van der Waals surface area (Å²) in [6.45, 7) is 1.90. The van der Waals surface area contributed by atoms with E-state index in [0.717, 1.165) is 0 Å². The van der Waals surface area contributed by atoms with Gasteiger partial charge in [-0.05, 0) is 0 Å². The molecular weight excluding hydrogens is 255 g/mol. The maximum absolute atomic E-state index is 5.74. The molecule has 0 aromatic carbocycles. The average molecular weight is 267 g/mol. The first-order valence-electron chi connectivity index (χ1n) is 4.62. The minimum Gasteiger partial charge on any atom is -0.488 e. The molecule has 0 amide bonds. The number of rotatable bonds is 7. The summed E-state index contributed by atoms with van der Waals surface area (Å²) >= 11 is 11.4. The van der Waals surface area contributed by atoms with Crippen LogP contribution in [0.3, 0.4) is 0 Å². The molecule has 16 heavy (non-hydrogen) atoms. The zero-order valence-electron chi connectivity index (χ0n) is 8.78. The Labute approximate surface area is 104 Å². The number of ether oxygens (including phenoxy) is 3. The van der Waals surface area contributed by atoms with E-state index in [-0.39, 0.29) is 10.3 Å². The number of methoxy groups -OCH3 is 1. The van der Waals surface area contributed by atoms with E-state index < -0.39 is 0 Å². The molecule has 0 saturated carbocycles. The van der Waals surface area contributed by atoms with Crippen molar-refractivity contribution in [2.75, 3.05) is 33.5 Å². The van der Waals surface area contributed by atoms with Crippen LogP contribution in [0.25, 0.3) is 0 Å². The van der Waals surface area contributed by atoms with Crippen molar-refractivity contribution >= 4 is 23.2 Å². The van der Waals surface area contributed by atoms with Gasteiger partial charge in [0.15, 0.2) is 16.1 Å². The number of hydrogen-bond donors (Lipinski definition) is 0. The number of hydrogen-bond acceptors (Lipinski definition) is 5. The van der Waals surface area contributed by atoms with E-state index in [1.54, 1.807) is 7.11 Å². The predicted octanol–water partition coefficient (Wildman–Crippen LogP) is 1.83. The number of aromatic nitrogens is 2. The third kappa shape index (κ3) is 4.94. The van der Waals surface area contributed by atoms with Crippen LogP contribution in [0.5, 0.6) is 5.75 Å². The molecule has 7 heteroatoms. The van der Waals surface area contributed by atoms with Crippen molar-refractivity contribution in [3.63, 3.8) is 0 Å². The molecule has 1 aromatic heterocycles. The highest BCUT2D eigenvalue weighted by Gasteiger charge is 2.04. The lowest BCUT2D eigenvalue weighted by molar-refractivity contribution is 0.0543. The van der Waals surface area contributed by atoms with E-state index >= 15 is 0 Å². The fraction of sp³-hybridized carbons (Fsp3) is 0.556. The first kappa shape index (κ1) is 13.4. The summed E-state index contributed by atoms with van der Waals surface area (Å²) < 4.78 is 15.3. The largest absolute Gasteiger partial charge is 0.488 e. The minimum atomic E-state index is 0.182. The van der Waals surface area contributed by atoms with Crippen LogP contribution in [0.15, 0.2) is 6.07 Å². The van der Waals surface area contributed by atoms with Gasteiger partial charge in [0.05, 0.1) is 19.8 Å². The minimum absolute atomic E-state index is 0.182. The van der Waals surface area contributed by atoms with Gasteiger partial charge in [-0.25, -0.2) is 0 Å². The van der Waals surface area contributed by atoms with Crippen LogP contribution in [0.1, 0.15) is 0 Å². The van der Waals surface area contributed by atoms with Gasteiger partial charge in [-0.3, -0.25) is 0 Å². The van der Waals surface area contributed by atoms with Crippen molar-refractivity contribution in [3.05, 3.63) is 16.4 Å². The van der Waals surface area contributed by atoms with Gasteiger partial charge in [0.1, 0.15) is 6.61 Å². The van der Waals surface area contributed by atoms with Crippen LogP contribution in [0, 0.1) is 0 Å². The van der Waals surface area contributed by atoms with Crippen LogP contribution >= 0.6 is 23.2 Å². The molecule has 0 radical (unpaired) electrons. The first-order chi connectivity index (χ1) is 7.74. The van der Waals surface area contributed by atoms with Crippen LogP contribution in [-0.4, -0.2) is 43.7 Å². The Hall–Kier alpha value is -0.620. The van der Waals surface area contributed by atoms with Crippen molar-refractivity contribution < 1.29 is 14.2 Å². The lowest BCUT2D eigenvalue weighted by Gasteiger charge is -2.07. The summed E-state index contributed by atoms with van der Waals surface area (Å²) in [4.78, 5) is 0. The lowest BCUT2D eigenvalue weighted by Crippen LogP contribution is -2.10. The highest BCUT2D eigenvalue weighted by atomic mass is 35.5. The summed E-state index contributed by atoms with van der Waals surface area (Å²) in [6, 6.07) is 1.51. The maximum atomic E-state index is 5.74. The van der Waals surface area contributed by atoms with Crippen molar-refractivity contribution in [1.82, 2.24) is 10.2 Å². The Kier molecular flexibility index (Phi) is 6.40. The van der Waals surface area contributed by atoms with E-state index in [1.165, 1.54) is 6.07 Å². The van der Waals surface area contributed by atoms with E-state index in [9.17, 15) is 0 Å². The molecule has 1 rings (SSSR count). The van der Waals surface area contributed by atoms with Crippen molar-refractivity contribution in [3.8, 4) is 5.75 Å². The molecule has 0 unspecified atom stereocenters. The van der Waals surface area contributed by atoms with E-state index in [2.05, 4.69) is 10.2 Å². The van der Waals surface area contributed by atoms with Gasteiger partial charge in [-0.15, -0.1) is 10.2 Å².